The molecule has 0 saturated carbocycles. The number of hydrogen-bond acceptors (Lipinski definition) is 5. The quantitative estimate of drug-likeness (QED) is 0.431. The Morgan fingerprint density at radius 2 is 1.35 bits per heavy atom. The molecule has 20 heavy (non-hydrogen) atoms. The van der Waals surface area contributed by atoms with Gasteiger partial charge in [-0.25, -0.2) is 0 Å². The highest BCUT2D eigenvalue weighted by Gasteiger charge is 2.08. The fourth-order valence-corrected chi connectivity index (χ4v) is 2.37. The van der Waals surface area contributed by atoms with Crippen molar-refractivity contribution in [3.63, 3.8) is 0 Å². The van der Waals surface area contributed by atoms with Crippen LogP contribution in [0, 0.1) is 0 Å². The van der Waals surface area contributed by atoms with Gasteiger partial charge >= 0.3 is 0 Å². The van der Waals surface area contributed by atoms with Crippen molar-refractivity contribution >= 4 is 0 Å². The lowest BCUT2D eigenvalue weighted by molar-refractivity contribution is 0.111. The minimum atomic E-state index is -0.308. The van der Waals surface area contributed by atoms with Crippen molar-refractivity contribution in [3.8, 4) is 0 Å². The molecule has 0 fully saturated rings. The van der Waals surface area contributed by atoms with E-state index in [0.29, 0.717) is 19.5 Å². The van der Waals surface area contributed by atoms with Gasteiger partial charge < -0.3 is 25.7 Å². The smallest absolute Gasteiger partial charge is 0.0679 e. The van der Waals surface area contributed by atoms with Crippen LogP contribution in [0.1, 0.15) is 39.0 Å². The number of rotatable bonds is 13. The average molecular weight is 289 g/mol. The molecule has 0 saturated heterocycles. The predicted octanol–water partition coefficient (Wildman–Crippen LogP) is 0.501. The van der Waals surface area contributed by atoms with E-state index in [1.165, 1.54) is 0 Å². The van der Waals surface area contributed by atoms with Crippen LogP contribution in [0.4, 0.5) is 0 Å². The van der Waals surface area contributed by atoms with E-state index < -0.39 is 0 Å². The zero-order valence-electron chi connectivity index (χ0n) is 13.6. The molecule has 0 bridgehead atoms. The summed E-state index contributed by atoms with van der Waals surface area (Å²) in [6.07, 6.45) is 4.31. The summed E-state index contributed by atoms with van der Waals surface area (Å²) in [6.45, 7) is 6.10. The van der Waals surface area contributed by atoms with Gasteiger partial charge in [0.1, 0.15) is 0 Å². The Balaban J connectivity index is 3.54. The third kappa shape index (κ3) is 11.6. The maximum absolute atomic E-state index is 9.73. The summed E-state index contributed by atoms with van der Waals surface area (Å²) < 4.78 is 0. The van der Waals surface area contributed by atoms with Gasteiger partial charge in [0, 0.05) is 13.1 Å². The summed E-state index contributed by atoms with van der Waals surface area (Å²) >= 11 is 0. The van der Waals surface area contributed by atoms with Gasteiger partial charge in [-0.15, -0.1) is 0 Å². The second-order valence-corrected chi connectivity index (χ2v) is 5.91. The number of nitrogens with two attached hydrogens (primary N) is 1. The lowest BCUT2D eigenvalue weighted by Gasteiger charge is -2.22. The zero-order valence-corrected chi connectivity index (χ0v) is 13.6. The second kappa shape index (κ2) is 12.5. The first kappa shape index (κ1) is 19.8. The minimum Gasteiger partial charge on any atom is -0.392 e. The molecule has 0 unspecified atom stereocenters. The summed E-state index contributed by atoms with van der Waals surface area (Å²) in [6, 6.07) is 0. The lowest BCUT2D eigenvalue weighted by Crippen LogP contribution is -2.32. The van der Waals surface area contributed by atoms with Crippen LogP contribution >= 0.6 is 0 Å². The summed E-state index contributed by atoms with van der Waals surface area (Å²) in [5, 5.41) is 19.4. The van der Waals surface area contributed by atoms with E-state index in [0.717, 1.165) is 45.3 Å². The van der Waals surface area contributed by atoms with Crippen LogP contribution in [0.3, 0.4) is 0 Å². The Morgan fingerprint density at radius 1 is 0.900 bits per heavy atom. The molecule has 5 heteroatoms. The van der Waals surface area contributed by atoms with Gasteiger partial charge in [0.15, 0.2) is 0 Å². The molecule has 122 valence electrons. The number of aliphatic hydroxyl groups is 2. The maximum Gasteiger partial charge on any atom is 0.0679 e. The molecule has 0 aliphatic heterocycles. The minimum absolute atomic E-state index is 0.195. The topological polar surface area (TPSA) is 73.0 Å². The van der Waals surface area contributed by atoms with Gasteiger partial charge in [-0.2, -0.15) is 0 Å². The molecule has 2 atom stereocenters. The highest BCUT2D eigenvalue weighted by atomic mass is 16.3. The van der Waals surface area contributed by atoms with Crippen LogP contribution in [-0.4, -0.2) is 79.0 Å². The van der Waals surface area contributed by atoms with E-state index in [1.807, 2.05) is 7.05 Å². The molecule has 0 aromatic rings. The van der Waals surface area contributed by atoms with E-state index in [-0.39, 0.29) is 12.2 Å². The second-order valence-electron chi connectivity index (χ2n) is 5.91. The van der Waals surface area contributed by atoms with E-state index in [9.17, 15) is 10.2 Å². The summed E-state index contributed by atoms with van der Waals surface area (Å²) in [7, 11) is 4.10. The Hall–Kier alpha value is -0.200. The molecule has 0 aliphatic rings. The van der Waals surface area contributed by atoms with Gasteiger partial charge in [-0.3, -0.25) is 0 Å². The van der Waals surface area contributed by atoms with E-state index in [2.05, 4.69) is 23.8 Å². The van der Waals surface area contributed by atoms with E-state index in [1.54, 1.807) is 0 Å². The van der Waals surface area contributed by atoms with Crippen LogP contribution in [0.25, 0.3) is 0 Å². The summed E-state index contributed by atoms with van der Waals surface area (Å²) in [4.78, 5) is 4.36. The van der Waals surface area contributed by atoms with E-state index >= 15 is 0 Å². The molecule has 4 N–H and O–H groups in total. The van der Waals surface area contributed by atoms with Crippen LogP contribution in [0.5, 0.6) is 0 Å². The molecular formula is C15H35N3O2. The molecule has 0 amide bonds. The number of likely N-dealkylation sites (N-methyl/N-ethyl adjacent to an activating group) is 2. The largest absolute Gasteiger partial charge is 0.392 e. The highest BCUT2D eigenvalue weighted by molar-refractivity contribution is 4.64. The average Bonchev–Trinajstić information content (AvgIpc) is 2.35. The molecule has 0 aromatic heterocycles. The van der Waals surface area contributed by atoms with Gasteiger partial charge in [-0.1, -0.05) is 13.3 Å². The molecule has 0 spiro atoms. The van der Waals surface area contributed by atoms with Crippen LogP contribution < -0.4 is 5.73 Å². The molecule has 0 aliphatic carbocycles. The van der Waals surface area contributed by atoms with Gasteiger partial charge in [0.05, 0.1) is 12.2 Å². The summed E-state index contributed by atoms with van der Waals surface area (Å²) in [5.74, 6) is 0. The Kier molecular flexibility index (Phi) is 12.4. The van der Waals surface area contributed by atoms with Crippen molar-refractivity contribution in [2.45, 2.75) is 51.2 Å². The van der Waals surface area contributed by atoms with Crippen molar-refractivity contribution < 1.29 is 10.2 Å². The lowest BCUT2D eigenvalue weighted by atomic mass is 10.2. The van der Waals surface area contributed by atoms with Crippen molar-refractivity contribution in [1.82, 2.24) is 9.80 Å². The van der Waals surface area contributed by atoms with Crippen molar-refractivity contribution in [1.29, 1.82) is 0 Å². The standard InChI is InChI=1S/C15H35N3O2/c1-4-7-14(19)12-17(2)10-5-6-11-18(3)13-15(20)8-9-16/h14-15,19-20H,4-13,16H2,1-3H3/t14-,15-/m0/s1. The van der Waals surface area contributed by atoms with Crippen LogP contribution in [-0.2, 0) is 0 Å². The number of hydrogen-bond donors (Lipinski definition) is 3. The number of unbranched alkanes of at least 4 members (excludes halogenated alkanes) is 1. The summed E-state index contributed by atoms with van der Waals surface area (Å²) in [5.41, 5.74) is 5.42. The molecule has 5 nitrogen and oxygen atoms in total. The molecular weight excluding hydrogens is 254 g/mol. The SMILES string of the molecule is CCC[C@H](O)CN(C)CCCCN(C)C[C@@H](O)CCN. The highest BCUT2D eigenvalue weighted by Crippen LogP contribution is 2.01. The first-order chi connectivity index (χ1) is 9.49. The predicted molar refractivity (Wildman–Crippen MR) is 84.8 cm³/mol. The first-order valence-electron chi connectivity index (χ1n) is 7.92. The third-order valence-corrected chi connectivity index (χ3v) is 3.50. The fourth-order valence-electron chi connectivity index (χ4n) is 2.37. The number of aliphatic hydroxyl groups excluding tert-OH is 2. The monoisotopic (exact) mass is 289 g/mol. The van der Waals surface area contributed by atoms with Gasteiger partial charge in [0.2, 0.25) is 0 Å². The molecule has 0 radical (unpaired) electrons. The number of nitrogens with zero attached hydrogens (tertiary/aromatic N) is 2. The Morgan fingerprint density at radius 3 is 1.75 bits per heavy atom. The zero-order chi connectivity index (χ0) is 15.4. The maximum atomic E-state index is 9.73. The Bertz CT molecular complexity index is 195. The third-order valence-electron chi connectivity index (χ3n) is 3.50. The van der Waals surface area contributed by atoms with Crippen molar-refractivity contribution in [2.24, 2.45) is 5.73 Å². The normalized spacial score (nSPS) is 15.0. The van der Waals surface area contributed by atoms with Crippen LogP contribution in [0.15, 0.2) is 0 Å². The van der Waals surface area contributed by atoms with Crippen molar-refractivity contribution in [3.05, 3.63) is 0 Å². The molecule has 0 heterocycles. The Labute approximate surface area is 124 Å². The first-order valence-corrected chi connectivity index (χ1v) is 7.92. The molecule has 0 rings (SSSR count). The van der Waals surface area contributed by atoms with Crippen LogP contribution in [0.2, 0.25) is 0 Å². The van der Waals surface area contributed by atoms with E-state index in [4.69, 9.17) is 5.73 Å². The fraction of sp³-hybridized carbons (Fsp3) is 1.00. The van der Waals surface area contributed by atoms with Gasteiger partial charge in [-0.05, 0) is 59.4 Å². The molecule has 0 aromatic carbocycles. The van der Waals surface area contributed by atoms with Crippen molar-refractivity contribution in [2.75, 3.05) is 46.8 Å². The van der Waals surface area contributed by atoms with Gasteiger partial charge in [0.25, 0.3) is 0 Å².